The lowest BCUT2D eigenvalue weighted by molar-refractivity contribution is 0.587. The van der Waals surface area contributed by atoms with Gasteiger partial charge in [0.1, 0.15) is 0 Å². The number of sulfonamides is 1. The number of aliphatic imine (C=N–C) groups is 1. The largest absolute Gasteiger partial charge is 0.352 e. The highest BCUT2D eigenvalue weighted by molar-refractivity contribution is 14.0. The van der Waals surface area contributed by atoms with Crippen molar-refractivity contribution in [3.05, 3.63) is 70.8 Å². The third-order valence-corrected chi connectivity index (χ3v) is 5.42. The summed E-state index contributed by atoms with van der Waals surface area (Å²) in [7, 11) is -0.0923. The molecular weight excluding hydrogens is 475 g/mol. The van der Waals surface area contributed by atoms with Crippen LogP contribution in [0.2, 0.25) is 0 Å². The fraction of sp³-hybridized carbons (Fsp3) is 0.316. The number of hydrogen-bond acceptors (Lipinski definition) is 3. The molecule has 0 saturated carbocycles. The van der Waals surface area contributed by atoms with E-state index in [4.69, 9.17) is 0 Å². The van der Waals surface area contributed by atoms with E-state index in [1.54, 1.807) is 7.05 Å². The number of guanidine groups is 1. The smallest absolute Gasteiger partial charge is 0.215 e. The molecule has 148 valence electrons. The average Bonchev–Trinajstić information content (AvgIpc) is 2.64. The summed E-state index contributed by atoms with van der Waals surface area (Å²) >= 11 is 0. The third-order valence-electron chi connectivity index (χ3n) is 4.08. The predicted octanol–water partition coefficient (Wildman–Crippen LogP) is 2.53. The minimum Gasteiger partial charge on any atom is -0.352 e. The molecule has 0 aliphatic rings. The monoisotopic (exact) mass is 502 g/mol. The van der Waals surface area contributed by atoms with Crippen LogP contribution in [-0.4, -0.2) is 28.5 Å². The van der Waals surface area contributed by atoms with Crippen LogP contribution >= 0.6 is 24.0 Å². The normalized spacial score (nSPS) is 11.6. The molecular formula is C19H27IN4O2S. The molecule has 0 amide bonds. The minimum absolute atomic E-state index is 0. The maximum absolute atomic E-state index is 11.6. The zero-order valence-electron chi connectivity index (χ0n) is 15.8. The van der Waals surface area contributed by atoms with Crippen molar-refractivity contribution in [2.75, 3.05) is 14.1 Å². The summed E-state index contributed by atoms with van der Waals surface area (Å²) < 4.78 is 25.5. The summed E-state index contributed by atoms with van der Waals surface area (Å²) in [4.78, 5) is 4.23. The average molecular weight is 502 g/mol. The van der Waals surface area contributed by atoms with Gasteiger partial charge in [-0.2, -0.15) is 0 Å². The summed E-state index contributed by atoms with van der Waals surface area (Å²) in [6, 6.07) is 15.7. The Bertz CT molecular complexity index is 852. The first-order valence-electron chi connectivity index (χ1n) is 8.41. The molecule has 8 heteroatoms. The van der Waals surface area contributed by atoms with Gasteiger partial charge in [0, 0.05) is 20.1 Å². The van der Waals surface area contributed by atoms with Gasteiger partial charge in [0.25, 0.3) is 0 Å². The highest BCUT2D eigenvalue weighted by Crippen LogP contribution is 2.08. The molecule has 2 aromatic carbocycles. The van der Waals surface area contributed by atoms with Crippen molar-refractivity contribution >= 4 is 40.0 Å². The maximum atomic E-state index is 11.6. The second-order valence-electron chi connectivity index (χ2n) is 5.99. The molecule has 3 N–H and O–H groups in total. The second-order valence-corrected chi connectivity index (χ2v) is 7.91. The summed E-state index contributed by atoms with van der Waals surface area (Å²) in [5, 5.41) is 6.56. The van der Waals surface area contributed by atoms with Crippen molar-refractivity contribution < 1.29 is 8.42 Å². The first-order valence-corrected chi connectivity index (χ1v) is 10.1. The molecule has 2 rings (SSSR count). The van der Waals surface area contributed by atoms with Gasteiger partial charge in [-0.1, -0.05) is 48.5 Å². The molecule has 0 aliphatic carbocycles. The molecule has 0 atom stereocenters. The van der Waals surface area contributed by atoms with Crippen LogP contribution in [0.4, 0.5) is 0 Å². The van der Waals surface area contributed by atoms with Crippen molar-refractivity contribution in [2.24, 2.45) is 4.99 Å². The van der Waals surface area contributed by atoms with Crippen molar-refractivity contribution in [1.82, 2.24) is 15.4 Å². The van der Waals surface area contributed by atoms with E-state index in [1.165, 1.54) is 18.2 Å². The Kier molecular flexibility index (Phi) is 9.75. The number of aryl methyl sites for hydroxylation is 1. The lowest BCUT2D eigenvalue weighted by Gasteiger charge is -2.13. The summed E-state index contributed by atoms with van der Waals surface area (Å²) in [6.07, 6.45) is 0. The third kappa shape index (κ3) is 7.86. The van der Waals surface area contributed by atoms with E-state index >= 15 is 0 Å². The summed E-state index contributed by atoms with van der Waals surface area (Å²) in [5.41, 5.74) is 4.27. The van der Waals surface area contributed by atoms with Gasteiger partial charge in [-0.3, -0.25) is 4.99 Å². The lowest BCUT2D eigenvalue weighted by atomic mass is 10.1. The number of rotatable bonds is 7. The minimum atomic E-state index is -3.25. The Morgan fingerprint density at radius 2 is 1.56 bits per heavy atom. The first kappa shape index (κ1) is 23.4. The Labute approximate surface area is 178 Å². The van der Waals surface area contributed by atoms with E-state index in [9.17, 15) is 8.42 Å². The summed E-state index contributed by atoms with van der Waals surface area (Å²) in [6.45, 7) is 3.39. The van der Waals surface area contributed by atoms with Crippen LogP contribution < -0.4 is 15.4 Å². The molecule has 6 nitrogen and oxygen atoms in total. The van der Waals surface area contributed by atoms with Crippen LogP contribution in [0.15, 0.2) is 53.5 Å². The number of halogens is 1. The van der Waals surface area contributed by atoms with Crippen LogP contribution in [0.5, 0.6) is 0 Å². The van der Waals surface area contributed by atoms with Crippen LogP contribution in [0, 0.1) is 6.92 Å². The molecule has 0 saturated heterocycles. The van der Waals surface area contributed by atoms with E-state index < -0.39 is 10.0 Å². The molecule has 0 aromatic heterocycles. The topological polar surface area (TPSA) is 82.6 Å². The van der Waals surface area contributed by atoms with E-state index in [0.717, 1.165) is 17.1 Å². The zero-order valence-corrected chi connectivity index (χ0v) is 19.0. The van der Waals surface area contributed by atoms with E-state index in [-0.39, 0.29) is 29.7 Å². The van der Waals surface area contributed by atoms with Gasteiger partial charge in [-0.05, 0) is 36.2 Å². The van der Waals surface area contributed by atoms with Gasteiger partial charge >= 0.3 is 0 Å². The van der Waals surface area contributed by atoms with Crippen LogP contribution in [-0.2, 0) is 28.9 Å². The van der Waals surface area contributed by atoms with Crippen molar-refractivity contribution in [3.63, 3.8) is 0 Å². The van der Waals surface area contributed by atoms with Gasteiger partial charge in [0.05, 0.1) is 5.75 Å². The van der Waals surface area contributed by atoms with Crippen LogP contribution in [0.1, 0.15) is 22.3 Å². The molecule has 27 heavy (non-hydrogen) atoms. The van der Waals surface area contributed by atoms with Crippen LogP contribution in [0.3, 0.4) is 0 Å². The number of nitrogens with zero attached hydrogens (tertiary/aromatic N) is 1. The quantitative estimate of drug-likeness (QED) is 0.309. The predicted molar refractivity (Wildman–Crippen MR) is 122 cm³/mol. The standard InChI is InChI=1S/C19H26N4O2S.HI/c1-15-6-4-5-7-18(15)13-23-19(20-2)22-12-16-8-10-17(11-9-16)14-26(24,25)21-3;/h4-11,21H,12-14H2,1-3H3,(H2,20,22,23);1H. The highest BCUT2D eigenvalue weighted by atomic mass is 127. The fourth-order valence-corrected chi connectivity index (χ4v) is 3.21. The molecule has 0 bridgehead atoms. The van der Waals surface area contributed by atoms with Gasteiger partial charge < -0.3 is 10.6 Å². The van der Waals surface area contributed by atoms with E-state index in [2.05, 4.69) is 39.4 Å². The fourth-order valence-electron chi connectivity index (χ4n) is 2.44. The summed E-state index contributed by atoms with van der Waals surface area (Å²) in [5.74, 6) is 0.701. The molecule has 0 heterocycles. The van der Waals surface area contributed by atoms with Crippen molar-refractivity contribution in [3.8, 4) is 0 Å². The van der Waals surface area contributed by atoms with Gasteiger partial charge in [-0.25, -0.2) is 13.1 Å². The maximum Gasteiger partial charge on any atom is 0.215 e. The molecule has 2 aromatic rings. The number of benzene rings is 2. The van der Waals surface area contributed by atoms with E-state index in [0.29, 0.717) is 13.1 Å². The SMILES string of the molecule is CN=C(NCc1ccc(CS(=O)(=O)NC)cc1)NCc1ccccc1C.I. The lowest BCUT2D eigenvalue weighted by Crippen LogP contribution is -2.36. The van der Waals surface area contributed by atoms with Crippen molar-refractivity contribution in [2.45, 2.75) is 25.8 Å². The Morgan fingerprint density at radius 1 is 0.963 bits per heavy atom. The molecule has 0 radical (unpaired) electrons. The van der Waals surface area contributed by atoms with Crippen LogP contribution in [0.25, 0.3) is 0 Å². The van der Waals surface area contributed by atoms with Crippen molar-refractivity contribution in [1.29, 1.82) is 0 Å². The van der Waals surface area contributed by atoms with Gasteiger partial charge in [0.15, 0.2) is 5.96 Å². The second kappa shape index (κ2) is 11.3. The van der Waals surface area contributed by atoms with Gasteiger partial charge in [-0.15, -0.1) is 24.0 Å². The zero-order chi connectivity index (χ0) is 19.0. The highest BCUT2D eigenvalue weighted by Gasteiger charge is 2.08. The van der Waals surface area contributed by atoms with E-state index in [1.807, 2.05) is 36.4 Å². The Balaban J connectivity index is 0.00000364. The number of nitrogens with one attached hydrogen (secondary N) is 3. The Hall–Kier alpha value is -1.65. The molecule has 0 fully saturated rings. The number of hydrogen-bond donors (Lipinski definition) is 3. The molecule has 0 aliphatic heterocycles. The Morgan fingerprint density at radius 3 is 2.15 bits per heavy atom. The first-order chi connectivity index (χ1) is 12.4. The molecule has 0 spiro atoms. The molecule has 0 unspecified atom stereocenters. The van der Waals surface area contributed by atoms with Gasteiger partial charge in [0.2, 0.25) is 10.0 Å².